The first-order chi connectivity index (χ1) is 5.07. The maximum Gasteiger partial charge on any atom is 0.152 e. The first-order valence-electron chi connectivity index (χ1n) is 4.35. The van der Waals surface area contributed by atoms with Crippen LogP contribution in [0.25, 0.3) is 0 Å². The maximum atomic E-state index is 11.5. The maximum absolute atomic E-state index is 11.5. The molecule has 1 saturated heterocycles. The van der Waals surface area contributed by atoms with Gasteiger partial charge in [0, 0.05) is 6.42 Å². The average molecular weight is 192 g/mol. The Hall–Kier alpha value is -0.0800. The Morgan fingerprint density at radius 1 is 1.50 bits per heavy atom. The van der Waals surface area contributed by atoms with Crippen molar-refractivity contribution in [3.8, 4) is 0 Å². The highest BCUT2D eigenvalue weighted by Crippen LogP contribution is 2.22. The van der Waals surface area contributed by atoms with Gasteiger partial charge in [0.15, 0.2) is 5.78 Å². The number of hydrogen-bond donors (Lipinski definition) is 1. The number of carbonyl (C=O) groups is 1. The molecule has 0 amide bonds. The molecule has 0 saturated carbocycles. The molecular formula is C9H18ClNO. The van der Waals surface area contributed by atoms with Gasteiger partial charge in [-0.1, -0.05) is 13.8 Å². The normalized spacial score (nSPS) is 30.2. The standard InChI is InChI=1S/C9H17NO.ClH/c1-7(2)9(3)8(11)5-4-6-10-9;/h7,10H,4-6H2,1-3H3;1H. The predicted molar refractivity (Wildman–Crippen MR) is 52.7 cm³/mol. The second kappa shape index (κ2) is 4.24. The molecule has 72 valence electrons. The number of hydrogen-bond acceptors (Lipinski definition) is 2. The van der Waals surface area contributed by atoms with E-state index in [1.807, 2.05) is 6.92 Å². The van der Waals surface area contributed by atoms with E-state index in [0.717, 1.165) is 19.4 Å². The van der Waals surface area contributed by atoms with Crippen LogP contribution in [-0.2, 0) is 4.79 Å². The summed E-state index contributed by atoms with van der Waals surface area (Å²) in [5, 5.41) is 3.30. The second-order valence-electron chi connectivity index (χ2n) is 3.81. The molecule has 0 radical (unpaired) electrons. The van der Waals surface area contributed by atoms with Gasteiger partial charge < -0.3 is 5.32 Å². The smallest absolute Gasteiger partial charge is 0.152 e. The van der Waals surface area contributed by atoms with Gasteiger partial charge in [0.2, 0.25) is 0 Å². The Morgan fingerprint density at radius 2 is 2.08 bits per heavy atom. The highest BCUT2D eigenvalue weighted by molar-refractivity contribution is 5.88. The minimum Gasteiger partial charge on any atom is -0.305 e. The zero-order valence-corrected chi connectivity index (χ0v) is 8.83. The van der Waals surface area contributed by atoms with Gasteiger partial charge in [-0.2, -0.15) is 0 Å². The minimum absolute atomic E-state index is 0. The summed E-state index contributed by atoms with van der Waals surface area (Å²) >= 11 is 0. The van der Waals surface area contributed by atoms with Gasteiger partial charge in [0.05, 0.1) is 5.54 Å². The summed E-state index contributed by atoms with van der Waals surface area (Å²) in [5.41, 5.74) is -0.252. The van der Waals surface area contributed by atoms with Crippen LogP contribution in [0.4, 0.5) is 0 Å². The molecule has 0 aromatic carbocycles. The molecule has 3 heteroatoms. The first kappa shape index (κ1) is 11.9. The van der Waals surface area contributed by atoms with Crippen molar-refractivity contribution in [1.29, 1.82) is 0 Å². The van der Waals surface area contributed by atoms with Crippen LogP contribution < -0.4 is 5.32 Å². The molecule has 0 aromatic heterocycles. The zero-order valence-electron chi connectivity index (χ0n) is 8.02. The lowest BCUT2D eigenvalue weighted by Crippen LogP contribution is -2.56. The lowest BCUT2D eigenvalue weighted by Gasteiger charge is -2.36. The van der Waals surface area contributed by atoms with Crippen molar-refractivity contribution in [3.63, 3.8) is 0 Å². The van der Waals surface area contributed by atoms with Crippen molar-refractivity contribution in [1.82, 2.24) is 5.32 Å². The second-order valence-corrected chi connectivity index (χ2v) is 3.81. The third kappa shape index (κ3) is 1.99. The number of nitrogens with one attached hydrogen (secondary N) is 1. The molecule has 1 N–H and O–H groups in total. The van der Waals surface area contributed by atoms with Gasteiger partial charge in [-0.05, 0) is 25.8 Å². The Bertz CT molecular complexity index is 170. The molecule has 1 unspecified atom stereocenters. The molecule has 1 rings (SSSR count). The van der Waals surface area contributed by atoms with E-state index in [-0.39, 0.29) is 17.9 Å². The molecule has 1 aliphatic rings. The lowest BCUT2D eigenvalue weighted by atomic mass is 9.80. The number of rotatable bonds is 1. The number of piperidine rings is 1. The molecule has 1 atom stereocenters. The molecule has 0 spiro atoms. The summed E-state index contributed by atoms with van der Waals surface area (Å²) in [5.74, 6) is 0.772. The van der Waals surface area contributed by atoms with Crippen molar-refractivity contribution in [2.24, 2.45) is 5.92 Å². The SMILES string of the molecule is CC(C)C1(C)NCCCC1=O.Cl. The number of ketones is 1. The van der Waals surface area contributed by atoms with Gasteiger partial charge in [-0.3, -0.25) is 4.79 Å². The van der Waals surface area contributed by atoms with Crippen molar-refractivity contribution in [3.05, 3.63) is 0 Å². The fourth-order valence-corrected chi connectivity index (χ4v) is 1.48. The first-order valence-corrected chi connectivity index (χ1v) is 4.35. The Labute approximate surface area is 80.5 Å². The minimum atomic E-state index is -0.252. The molecule has 0 bridgehead atoms. The van der Waals surface area contributed by atoms with Crippen LogP contribution in [-0.4, -0.2) is 17.9 Å². The molecule has 2 nitrogen and oxygen atoms in total. The summed E-state index contributed by atoms with van der Waals surface area (Å²) in [7, 11) is 0. The summed E-state index contributed by atoms with van der Waals surface area (Å²) in [6.07, 6.45) is 1.75. The molecular weight excluding hydrogens is 174 g/mol. The Balaban J connectivity index is 0.00000121. The van der Waals surface area contributed by atoms with E-state index >= 15 is 0 Å². The topological polar surface area (TPSA) is 29.1 Å². The van der Waals surface area contributed by atoms with E-state index in [4.69, 9.17) is 0 Å². The van der Waals surface area contributed by atoms with Crippen molar-refractivity contribution in [2.75, 3.05) is 6.54 Å². The summed E-state index contributed by atoms with van der Waals surface area (Å²) in [6.45, 7) is 7.19. The molecule has 12 heavy (non-hydrogen) atoms. The molecule has 1 heterocycles. The molecule has 0 aromatic rings. The predicted octanol–water partition coefficient (Wildman–Crippen LogP) is 1.78. The fourth-order valence-electron chi connectivity index (χ4n) is 1.48. The van der Waals surface area contributed by atoms with Crippen LogP contribution in [0.2, 0.25) is 0 Å². The highest BCUT2D eigenvalue weighted by atomic mass is 35.5. The van der Waals surface area contributed by atoms with Crippen LogP contribution in [0.5, 0.6) is 0 Å². The molecule has 1 aliphatic heterocycles. The third-order valence-electron chi connectivity index (χ3n) is 2.81. The summed E-state index contributed by atoms with van der Waals surface area (Å²) in [6, 6.07) is 0. The zero-order chi connectivity index (χ0) is 8.48. The largest absolute Gasteiger partial charge is 0.305 e. The van der Waals surface area contributed by atoms with Crippen molar-refractivity contribution < 1.29 is 4.79 Å². The summed E-state index contributed by atoms with van der Waals surface area (Å²) in [4.78, 5) is 11.5. The van der Waals surface area contributed by atoms with Crippen LogP contribution in [0, 0.1) is 5.92 Å². The fraction of sp³-hybridized carbons (Fsp3) is 0.889. The molecule has 0 aliphatic carbocycles. The van der Waals surface area contributed by atoms with Crippen molar-refractivity contribution in [2.45, 2.75) is 39.2 Å². The van der Waals surface area contributed by atoms with Crippen LogP contribution in [0.1, 0.15) is 33.6 Å². The van der Waals surface area contributed by atoms with Gasteiger partial charge in [-0.15, -0.1) is 12.4 Å². The van der Waals surface area contributed by atoms with Gasteiger partial charge in [0.1, 0.15) is 0 Å². The van der Waals surface area contributed by atoms with E-state index < -0.39 is 0 Å². The quantitative estimate of drug-likeness (QED) is 0.685. The van der Waals surface area contributed by atoms with Gasteiger partial charge in [-0.25, -0.2) is 0 Å². The van der Waals surface area contributed by atoms with Crippen LogP contribution >= 0.6 is 12.4 Å². The van der Waals surface area contributed by atoms with Gasteiger partial charge in [0.25, 0.3) is 0 Å². The average Bonchev–Trinajstić information content (AvgIpc) is 1.95. The van der Waals surface area contributed by atoms with E-state index in [1.54, 1.807) is 0 Å². The van der Waals surface area contributed by atoms with E-state index in [0.29, 0.717) is 11.7 Å². The van der Waals surface area contributed by atoms with Crippen molar-refractivity contribution >= 4 is 18.2 Å². The molecule has 1 fully saturated rings. The van der Waals surface area contributed by atoms with E-state index in [9.17, 15) is 4.79 Å². The number of halogens is 1. The lowest BCUT2D eigenvalue weighted by molar-refractivity contribution is -0.128. The highest BCUT2D eigenvalue weighted by Gasteiger charge is 2.37. The Kier molecular flexibility index (Phi) is 4.21. The Morgan fingerprint density at radius 3 is 2.42 bits per heavy atom. The van der Waals surface area contributed by atoms with Crippen LogP contribution in [0.3, 0.4) is 0 Å². The van der Waals surface area contributed by atoms with Crippen LogP contribution in [0.15, 0.2) is 0 Å². The number of Topliss-reactive ketones (excluding diaryl/α,β-unsaturated/α-hetero) is 1. The van der Waals surface area contributed by atoms with E-state index in [2.05, 4.69) is 19.2 Å². The number of carbonyl (C=O) groups excluding carboxylic acids is 1. The summed E-state index contributed by atoms with van der Waals surface area (Å²) < 4.78 is 0. The van der Waals surface area contributed by atoms with Gasteiger partial charge >= 0.3 is 0 Å². The van der Waals surface area contributed by atoms with E-state index in [1.165, 1.54) is 0 Å². The monoisotopic (exact) mass is 191 g/mol. The third-order valence-corrected chi connectivity index (χ3v) is 2.81.